The van der Waals surface area contributed by atoms with Gasteiger partial charge in [-0.1, -0.05) is 12.1 Å². The Morgan fingerprint density at radius 1 is 1.11 bits per heavy atom. The second-order valence-corrected chi connectivity index (χ2v) is 6.48. The van der Waals surface area contributed by atoms with Crippen molar-refractivity contribution in [2.75, 3.05) is 18.0 Å². The molecule has 3 aromatic rings. The smallest absolute Gasteiger partial charge is 0.291 e. The Hall–Kier alpha value is -3.42. The molecule has 0 radical (unpaired) electrons. The largest absolute Gasteiger partial charge is 0.334 e. The number of hydrogen-bond acceptors (Lipinski definition) is 5. The zero-order valence-corrected chi connectivity index (χ0v) is 14.8. The summed E-state index contributed by atoms with van der Waals surface area (Å²) in [5.41, 5.74) is -0.200. The lowest BCUT2D eigenvalue weighted by Gasteiger charge is -2.30. The Morgan fingerprint density at radius 2 is 1.89 bits per heavy atom. The summed E-state index contributed by atoms with van der Waals surface area (Å²) in [4.78, 5) is 35.0. The van der Waals surface area contributed by atoms with Crippen LogP contribution < -0.4 is 10.5 Å². The molecule has 3 heterocycles. The summed E-state index contributed by atoms with van der Waals surface area (Å²) in [5, 5.41) is 0. The van der Waals surface area contributed by atoms with Gasteiger partial charge in [-0.2, -0.15) is 4.39 Å². The van der Waals surface area contributed by atoms with Crippen molar-refractivity contribution in [2.24, 2.45) is 0 Å². The van der Waals surface area contributed by atoms with E-state index < -0.39 is 17.2 Å². The number of aromatic nitrogens is 3. The molecule has 0 N–H and O–H groups in total. The van der Waals surface area contributed by atoms with E-state index in [1.54, 1.807) is 17.0 Å². The van der Waals surface area contributed by atoms with Crippen molar-refractivity contribution in [3.8, 4) is 11.3 Å². The van der Waals surface area contributed by atoms with Crippen LogP contribution in [-0.2, 0) is 6.54 Å². The van der Waals surface area contributed by atoms with Crippen LogP contribution in [0.15, 0.2) is 53.6 Å². The minimum absolute atomic E-state index is 0.0799. The van der Waals surface area contributed by atoms with Crippen molar-refractivity contribution in [3.05, 3.63) is 76.3 Å². The molecule has 4 rings (SSSR count). The number of pyridine rings is 1. The van der Waals surface area contributed by atoms with E-state index in [4.69, 9.17) is 0 Å². The first-order chi connectivity index (χ1) is 13.5. The molecule has 142 valence electrons. The molecular formula is C20H16F2N4O2. The zero-order valence-electron chi connectivity index (χ0n) is 14.8. The first-order valence-corrected chi connectivity index (χ1v) is 8.79. The Kier molecular flexibility index (Phi) is 4.68. The topological polar surface area (TPSA) is 68.1 Å². The highest BCUT2D eigenvalue weighted by atomic mass is 19.1. The molecule has 0 fully saturated rings. The summed E-state index contributed by atoms with van der Waals surface area (Å²) in [7, 11) is 0. The van der Waals surface area contributed by atoms with Crippen molar-refractivity contribution in [1.29, 1.82) is 0 Å². The Labute approximate surface area is 159 Å². The number of benzene rings is 1. The number of Topliss-reactive ketones (excluding diaryl/α,β-unsaturated/α-hetero) is 1. The lowest BCUT2D eigenvalue weighted by molar-refractivity contribution is 0.0997. The van der Waals surface area contributed by atoms with Crippen molar-refractivity contribution < 1.29 is 13.6 Å². The van der Waals surface area contributed by atoms with Crippen LogP contribution in [0.4, 0.5) is 14.7 Å². The summed E-state index contributed by atoms with van der Waals surface area (Å²) >= 11 is 0. The number of hydrogen-bond donors (Lipinski definition) is 0. The predicted octanol–water partition coefficient (Wildman–Crippen LogP) is 2.68. The number of halogens is 2. The molecule has 1 aromatic carbocycles. The highest BCUT2D eigenvalue weighted by molar-refractivity contribution is 5.99. The molecule has 0 bridgehead atoms. The van der Waals surface area contributed by atoms with E-state index in [-0.39, 0.29) is 29.5 Å². The molecule has 0 atom stereocenters. The van der Waals surface area contributed by atoms with E-state index in [2.05, 4.69) is 9.97 Å². The Bertz CT molecular complexity index is 1100. The minimum Gasteiger partial charge on any atom is -0.334 e. The monoisotopic (exact) mass is 382 g/mol. The van der Waals surface area contributed by atoms with Crippen molar-refractivity contribution >= 4 is 11.7 Å². The van der Waals surface area contributed by atoms with E-state index in [1.807, 2.05) is 0 Å². The van der Waals surface area contributed by atoms with Crippen LogP contribution in [0.2, 0.25) is 0 Å². The molecule has 28 heavy (non-hydrogen) atoms. The molecule has 0 unspecified atom stereocenters. The summed E-state index contributed by atoms with van der Waals surface area (Å²) in [6.07, 6.45) is 3.54. The predicted molar refractivity (Wildman–Crippen MR) is 99.2 cm³/mol. The van der Waals surface area contributed by atoms with Gasteiger partial charge >= 0.3 is 0 Å². The Morgan fingerprint density at radius 3 is 2.64 bits per heavy atom. The number of nitrogens with zero attached hydrogens (tertiary/aromatic N) is 4. The summed E-state index contributed by atoms with van der Waals surface area (Å²) < 4.78 is 29.3. The third kappa shape index (κ3) is 3.28. The number of anilines is 1. The summed E-state index contributed by atoms with van der Waals surface area (Å²) in [6, 6.07) is 8.55. The van der Waals surface area contributed by atoms with E-state index in [1.165, 1.54) is 41.2 Å². The zero-order chi connectivity index (χ0) is 19.7. The molecule has 8 heteroatoms. The van der Waals surface area contributed by atoms with E-state index >= 15 is 0 Å². The normalized spacial score (nSPS) is 13.3. The second kappa shape index (κ2) is 7.30. The van der Waals surface area contributed by atoms with E-state index in [9.17, 15) is 18.4 Å². The fraction of sp³-hybridized carbons (Fsp3) is 0.200. The molecule has 0 aliphatic carbocycles. The van der Waals surface area contributed by atoms with Gasteiger partial charge in [0.1, 0.15) is 11.5 Å². The SMILES string of the molecule is O=C(CN1CCCn2c1nc(-c1ccncc1)c(F)c2=O)c1cccc(F)c1. The fourth-order valence-corrected chi connectivity index (χ4v) is 3.26. The molecule has 6 nitrogen and oxygen atoms in total. The number of fused-ring (bicyclic) bond motifs is 1. The number of carbonyl (C=O) groups is 1. The quantitative estimate of drug-likeness (QED) is 0.649. The van der Waals surface area contributed by atoms with Crippen LogP contribution in [0.5, 0.6) is 0 Å². The third-order valence-corrected chi connectivity index (χ3v) is 4.62. The molecule has 1 aliphatic rings. The van der Waals surface area contributed by atoms with Crippen LogP contribution in [0.1, 0.15) is 16.8 Å². The standard InChI is InChI=1S/C20H16F2N4O2/c21-15-4-1-3-14(11-15)16(27)12-25-9-2-10-26-19(28)17(22)18(24-20(25)26)13-5-7-23-8-6-13/h1,3-8,11H,2,9-10,12H2. The molecule has 0 saturated carbocycles. The second-order valence-electron chi connectivity index (χ2n) is 6.48. The van der Waals surface area contributed by atoms with Gasteiger partial charge < -0.3 is 4.90 Å². The maximum Gasteiger partial charge on any atom is 0.291 e. The van der Waals surface area contributed by atoms with Gasteiger partial charge in [0.15, 0.2) is 5.78 Å². The van der Waals surface area contributed by atoms with Crippen LogP contribution in [0, 0.1) is 11.6 Å². The van der Waals surface area contributed by atoms with Gasteiger partial charge in [0.2, 0.25) is 11.8 Å². The number of rotatable bonds is 4. The van der Waals surface area contributed by atoms with Gasteiger partial charge in [-0.25, -0.2) is 9.37 Å². The third-order valence-electron chi connectivity index (χ3n) is 4.62. The van der Waals surface area contributed by atoms with Crippen LogP contribution in [0.25, 0.3) is 11.3 Å². The van der Waals surface area contributed by atoms with Gasteiger partial charge in [0, 0.05) is 36.6 Å². The average molecular weight is 382 g/mol. The van der Waals surface area contributed by atoms with Crippen molar-refractivity contribution in [2.45, 2.75) is 13.0 Å². The number of carbonyl (C=O) groups excluding carboxylic acids is 1. The van der Waals surface area contributed by atoms with Crippen LogP contribution >= 0.6 is 0 Å². The molecule has 0 saturated heterocycles. The first kappa shape index (κ1) is 18.0. The van der Waals surface area contributed by atoms with Crippen LogP contribution in [-0.4, -0.2) is 33.4 Å². The molecule has 0 spiro atoms. The van der Waals surface area contributed by atoms with Crippen molar-refractivity contribution in [1.82, 2.24) is 14.5 Å². The highest BCUT2D eigenvalue weighted by Crippen LogP contribution is 2.24. The lowest BCUT2D eigenvalue weighted by Crippen LogP contribution is -2.42. The van der Waals surface area contributed by atoms with Crippen molar-refractivity contribution in [3.63, 3.8) is 0 Å². The fourth-order valence-electron chi connectivity index (χ4n) is 3.26. The summed E-state index contributed by atoms with van der Waals surface area (Å²) in [6.45, 7) is 0.714. The van der Waals surface area contributed by atoms with E-state index in [0.29, 0.717) is 25.1 Å². The maximum absolute atomic E-state index is 14.6. The highest BCUT2D eigenvalue weighted by Gasteiger charge is 2.26. The van der Waals surface area contributed by atoms with Gasteiger partial charge in [-0.15, -0.1) is 0 Å². The van der Waals surface area contributed by atoms with Gasteiger partial charge in [0.25, 0.3) is 5.56 Å². The molecular weight excluding hydrogens is 366 g/mol. The lowest BCUT2D eigenvalue weighted by atomic mass is 10.1. The summed E-state index contributed by atoms with van der Waals surface area (Å²) in [5.74, 6) is -1.51. The first-order valence-electron chi connectivity index (χ1n) is 8.79. The average Bonchev–Trinajstić information content (AvgIpc) is 2.71. The van der Waals surface area contributed by atoms with Crippen LogP contribution in [0.3, 0.4) is 0 Å². The van der Waals surface area contributed by atoms with E-state index in [0.717, 1.165) is 0 Å². The molecule has 1 aliphatic heterocycles. The van der Waals surface area contributed by atoms with Gasteiger partial charge in [-0.05, 0) is 30.7 Å². The van der Waals surface area contributed by atoms with Gasteiger partial charge in [-0.3, -0.25) is 19.1 Å². The van der Waals surface area contributed by atoms with Gasteiger partial charge in [0.05, 0.1) is 6.54 Å². The molecule has 2 aromatic heterocycles. The maximum atomic E-state index is 14.6. The minimum atomic E-state index is -0.937. The Balaban J connectivity index is 1.73. The number of ketones is 1. The molecule has 0 amide bonds.